The molecule has 0 aromatic carbocycles. The molecule has 0 atom stereocenters. The van der Waals surface area contributed by atoms with E-state index in [1.165, 1.54) is 4.57 Å². The van der Waals surface area contributed by atoms with Crippen LogP contribution in [0.4, 0.5) is 5.82 Å². The summed E-state index contributed by atoms with van der Waals surface area (Å²) in [4.78, 5) is 15.2. The predicted octanol–water partition coefficient (Wildman–Crippen LogP) is 0.479. The first-order chi connectivity index (χ1) is 7.58. The lowest BCUT2D eigenvalue weighted by atomic mass is 10.2. The van der Waals surface area contributed by atoms with Gasteiger partial charge in [0.2, 0.25) is 0 Å². The molecule has 2 aromatic rings. The minimum atomic E-state index is -0.375. The second kappa shape index (κ2) is 3.80. The zero-order valence-corrected chi connectivity index (χ0v) is 9.10. The standard InChI is InChI=1S/C10H12N4O2/c1-6-8(7(2)16-13-6)5-14-4-3-9(11)12-10(14)15/h3-4H,5H2,1-2H3,(H2,11,12,15). The summed E-state index contributed by atoms with van der Waals surface area (Å²) in [6.07, 6.45) is 1.61. The molecule has 0 aliphatic heterocycles. The maximum absolute atomic E-state index is 11.5. The Morgan fingerprint density at radius 1 is 1.50 bits per heavy atom. The average molecular weight is 220 g/mol. The zero-order valence-electron chi connectivity index (χ0n) is 9.10. The second-order valence-electron chi connectivity index (χ2n) is 3.57. The number of nitrogen functional groups attached to an aromatic ring is 1. The quantitative estimate of drug-likeness (QED) is 0.795. The van der Waals surface area contributed by atoms with Crippen molar-refractivity contribution < 1.29 is 4.52 Å². The first kappa shape index (κ1) is 10.4. The monoisotopic (exact) mass is 220 g/mol. The summed E-state index contributed by atoms with van der Waals surface area (Å²) >= 11 is 0. The Balaban J connectivity index is 2.38. The van der Waals surface area contributed by atoms with Gasteiger partial charge in [0.1, 0.15) is 11.6 Å². The van der Waals surface area contributed by atoms with Gasteiger partial charge < -0.3 is 10.3 Å². The van der Waals surface area contributed by atoms with E-state index in [1.807, 2.05) is 13.8 Å². The molecule has 0 aliphatic rings. The molecule has 2 heterocycles. The van der Waals surface area contributed by atoms with Crippen molar-refractivity contribution in [2.45, 2.75) is 20.4 Å². The minimum Gasteiger partial charge on any atom is -0.383 e. The molecular weight excluding hydrogens is 208 g/mol. The number of hydrogen-bond donors (Lipinski definition) is 1. The molecule has 0 radical (unpaired) electrons. The third-order valence-electron chi connectivity index (χ3n) is 2.41. The summed E-state index contributed by atoms with van der Waals surface area (Å²) in [7, 11) is 0. The largest absolute Gasteiger partial charge is 0.383 e. The average Bonchev–Trinajstić information content (AvgIpc) is 2.53. The van der Waals surface area contributed by atoms with Gasteiger partial charge in [0.15, 0.2) is 0 Å². The van der Waals surface area contributed by atoms with E-state index in [-0.39, 0.29) is 11.5 Å². The van der Waals surface area contributed by atoms with Gasteiger partial charge in [0, 0.05) is 11.8 Å². The Labute approximate surface area is 91.7 Å². The number of anilines is 1. The molecule has 16 heavy (non-hydrogen) atoms. The SMILES string of the molecule is Cc1noc(C)c1Cn1ccc(N)nc1=O. The van der Waals surface area contributed by atoms with Gasteiger partial charge in [-0.3, -0.25) is 4.57 Å². The number of nitrogens with zero attached hydrogens (tertiary/aromatic N) is 3. The Kier molecular flexibility index (Phi) is 2.47. The van der Waals surface area contributed by atoms with E-state index in [1.54, 1.807) is 12.3 Å². The first-order valence-electron chi connectivity index (χ1n) is 4.82. The summed E-state index contributed by atoms with van der Waals surface area (Å²) in [6.45, 7) is 4.04. The van der Waals surface area contributed by atoms with Crippen molar-refractivity contribution in [3.63, 3.8) is 0 Å². The van der Waals surface area contributed by atoms with Crippen LogP contribution in [-0.2, 0) is 6.54 Å². The van der Waals surface area contributed by atoms with Gasteiger partial charge >= 0.3 is 5.69 Å². The van der Waals surface area contributed by atoms with Crippen molar-refractivity contribution >= 4 is 5.82 Å². The van der Waals surface area contributed by atoms with Crippen LogP contribution in [0.2, 0.25) is 0 Å². The van der Waals surface area contributed by atoms with Crippen LogP contribution >= 0.6 is 0 Å². The third kappa shape index (κ3) is 1.81. The molecule has 0 fully saturated rings. The van der Waals surface area contributed by atoms with Crippen LogP contribution in [0.3, 0.4) is 0 Å². The van der Waals surface area contributed by atoms with Crippen LogP contribution in [0.5, 0.6) is 0 Å². The van der Waals surface area contributed by atoms with Crippen molar-refractivity contribution in [2.24, 2.45) is 0 Å². The highest BCUT2D eigenvalue weighted by atomic mass is 16.5. The van der Waals surface area contributed by atoms with E-state index < -0.39 is 0 Å². The van der Waals surface area contributed by atoms with Crippen molar-refractivity contribution in [3.8, 4) is 0 Å². The summed E-state index contributed by atoms with van der Waals surface area (Å²) in [5, 5.41) is 3.82. The van der Waals surface area contributed by atoms with Crippen molar-refractivity contribution in [1.82, 2.24) is 14.7 Å². The summed E-state index contributed by atoms with van der Waals surface area (Å²) in [6, 6.07) is 1.58. The zero-order chi connectivity index (χ0) is 11.7. The van der Waals surface area contributed by atoms with E-state index in [0.29, 0.717) is 12.3 Å². The maximum atomic E-state index is 11.5. The molecule has 0 saturated carbocycles. The lowest BCUT2D eigenvalue weighted by Crippen LogP contribution is -2.23. The lowest BCUT2D eigenvalue weighted by molar-refractivity contribution is 0.392. The van der Waals surface area contributed by atoms with Crippen LogP contribution in [0.15, 0.2) is 21.6 Å². The van der Waals surface area contributed by atoms with Gasteiger partial charge in [-0.2, -0.15) is 4.98 Å². The molecule has 0 aliphatic carbocycles. The predicted molar refractivity (Wildman–Crippen MR) is 58.0 cm³/mol. The first-order valence-corrected chi connectivity index (χ1v) is 4.82. The normalized spacial score (nSPS) is 10.6. The van der Waals surface area contributed by atoms with Crippen LogP contribution in [-0.4, -0.2) is 14.7 Å². The number of rotatable bonds is 2. The van der Waals surface area contributed by atoms with E-state index in [4.69, 9.17) is 10.3 Å². The molecular formula is C10H12N4O2. The third-order valence-corrected chi connectivity index (χ3v) is 2.41. The molecule has 2 rings (SSSR count). The van der Waals surface area contributed by atoms with E-state index in [2.05, 4.69) is 10.1 Å². The Morgan fingerprint density at radius 2 is 2.25 bits per heavy atom. The highest BCUT2D eigenvalue weighted by Gasteiger charge is 2.10. The van der Waals surface area contributed by atoms with Gasteiger partial charge in [-0.25, -0.2) is 4.79 Å². The lowest BCUT2D eigenvalue weighted by Gasteiger charge is -2.04. The number of hydrogen-bond acceptors (Lipinski definition) is 5. The fraction of sp³-hybridized carbons (Fsp3) is 0.300. The maximum Gasteiger partial charge on any atom is 0.349 e. The van der Waals surface area contributed by atoms with Crippen LogP contribution in [0.25, 0.3) is 0 Å². The number of aromatic nitrogens is 3. The van der Waals surface area contributed by atoms with Gasteiger partial charge in [0.05, 0.1) is 12.2 Å². The smallest absolute Gasteiger partial charge is 0.349 e. The molecule has 0 amide bonds. The topological polar surface area (TPSA) is 86.9 Å². The molecule has 0 spiro atoms. The molecule has 0 saturated heterocycles. The molecule has 0 bridgehead atoms. The van der Waals surface area contributed by atoms with Crippen LogP contribution in [0.1, 0.15) is 17.0 Å². The number of nitrogens with two attached hydrogens (primary N) is 1. The van der Waals surface area contributed by atoms with Crippen molar-refractivity contribution in [2.75, 3.05) is 5.73 Å². The molecule has 2 aromatic heterocycles. The molecule has 0 unspecified atom stereocenters. The fourth-order valence-electron chi connectivity index (χ4n) is 1.46. The van der Waals surface area contributed by atoms with E-state index in [0.717, 1.165) is 11.3 Å². The summed E-state index contributed by atoms with van der Waals surface area (Å²) < 4.78 is 6.48. The van der Waals surface area contributed by atoms with Gasteiger partial charge in [-0.1, -0.05) is 5.16 Å². The van der Waals surface area contributed by atoms with Gasteiger partial charge in [-0.15, -0.1) is 0 Å². The summed E-state index contributed by atoms with van der Waals surface area (Å²) in [5.74, 6) is 0.932. The van der Waals surface area contributed by atoms with Crippen molar-refractivity contribution in [1.29, 1.82) is 0 Å². The highest BCUT2D eigenvalue weighted by molar-refractivity contribution is 5.25. The van der Waals surface area contributed by atoms with Crippen LogP contribution in [0, 0.1) is 13.8 Å². The van der Waals surface area contributed by atoms with Gasteiger partial charge in [0.25, 0.3) is 0 Å². The Bertz CT molecular complexity index is 551. The second-order valence-corrected chi connectivity index (χ2v) is 3.57. The molecule has 6 heteroatoms. The number of aryl methyl sites for hydroxylation is 2. The molecule has 84 valence electrons. The fourth-order valence-corrected chi connectivity index (χ4v) is 1.46. The Hall–Kier alpha value is -2.11. The molecule has 2 N–H and O–H groups in total. The van der Waals surface area contributed by atoms with Gasteiger partial charge in [-0.05, 0) is 19.9 Å². The van der Waals surface area contributed by atoms with E-state index >= 15 is 0 Å². The van der Waals surface area contributed by atoms with Crippen molar-refractivity contribution in [3.05, 3.63) is 39.8 Å². The summed E-state index contributed by atoms with van der Waals surface area (Å²) in [5.41, 5.74) is 6.71. The minimum absolute atomic E-state index is 0.222. The van der Waals surface area contributed by atoms with E-state index in [9.17, 15) is 4.79 Å². The highest BCUT2D eigenvalue weighted by Crippen LogP contribution is 2.12. The van der Waals surface area contributed by atoms with Crippen LogP contribution < -0.4 is 11.4 Å². The Morgan fingerprint density at radius 3 is 2.81 bits per heavy atom. The molecule has 6 nitrogen and oxygen atoms in total.